The SMILES string of the molecule is Cn1ncc(N2CCC(OCCCc3ccccc3)C2)c(Cl)c1=O. The Kier molecular flexibility index (Phi) is 5.53. The molecule has 1 aromatic heterocycles. The van der Waals surface area contributed by atoms with Crippen LogP contribution in [-0.4, -0.2) is 35.6 Å². The maximum absolute atomic E-state index is 11.9. The monoisotopic (exact) mass is 347 g/mol. The van der Waals surface area contributed by atoms with E-state index < -0.39 is 0 Å². The first-order valence-corrected chi connectivity index (χ1v) is 8.65. The van der Waals surface area contributed by atoms with Gasteiger partial charge in [0.1, 0.15) is 5.02 Å². The molecule has 2 heterocycles. The molecule has 0 radical (unpaired) electrons. The summed E-state index contributed by atoms with van der Waals surface area (Å²) in [4.78, 5) is 14.0. The maximum atomic E-state index is 11.9. The minimum absolute atomic E-state index is 0.181. The number of benzene rings is 1. The minimum Gasteiger partial charge on any atom is -0.376 e. The Hall–Kier alpha value is -1.85. The second-order valence-electron chi connectivity index (χ2n) is 6.09. The number of ether oxygens (including phenoxy) is 1. The van der Waals surface area contributed by atoms with Gasteiger partial charge in [-0.15, -0.1) is 0 Å². The number of hydrogen-bond donors (Lipinski definition) is 0. The molecule has 1 fully saturated rings. The molecule has 0 aliphatic carbocycles. The summed E-state index contributed by atoms with van der Waals surface area (Å²) in [6.45, 7) is 2.33. The van der Waals surface area contributed by atoms with Gasteiger partial charge in [-0.2, -0.15) is 5.10 Å². The summed E-state index contributed by atoms with van der Waals surface area (Å²) in [6.07, 6.45) is 4.82. The van der Waals surface area contributed by atoms with E-state index in [0.717, 1.165) is 39.0 Å². The van der Waals surface area contributed by atoms with Crippen molar-refractivity contribution in [2.24, 2.45) is 7.05 Å². The Morgan fingerprint density at radius 3 is 2.92 bits per heavy atom. The highest BCUT2D eigenvalue weighted by Crippen LogP contribution is 2.26. The zero-order valence-corrected chi connectivity index (χ0v) is 14.6. The first-order valence-electron chi connectivity index (χ1n) is 8.27. The quantitative estimate of drug-likeness (QED) is 0.754. The molecule has 1 unspecified atom stereocenters. The lowest BCUT2D eigenvalue weighted by atomic mass is 10.1. The van der Waals surface area contributed by atoms with Gasteiger partial charge in [0.2, 0.25) is 0 Å². The highest BCUT2D eigenvalue weighted by Gasteiger charge is 2.25. The van der Waals surface area contributed by atoms with Gasteiger partial charge in [-0.05, 0) is 24.8 Å². The third-order valence-corrected chi connectivity index (χ3v) is 4.71. The fourth-order valence-electron chi connectivity index (χ4n) is 2.98. The van der Waals surface area contributed by atoms with Gasteiger partial charge < -0.3 is 9.64 Å². The average Bonchev–Trinajstić information content (AvgIpc) is 3.06. The van der Waals surface area contributed by atoms with Gasteiger partial charge in [0.05, 0.1) is 18.0 Å². The lowest BCUT2D eigenvalue weighted by molar-refractivity contribution is 0.0667. The molecular weight excluding hydrogens is 326 g/mol. The summed E-state index contributed by atoms with van der Waals surface area (Å²) in [7, 11) is 1.60. The van der Waals surface area contributed by atoms with Crippen molar-refractivity contribution >= 4 is 17.3 Å². The molecule has 1 aliphatic heterocycles. The summed E-state index contributed by atoms with van der Waals surface area (Å²) in [5.74, 6) is 0. The zero-order valence-electron chi connectivity index (χ0n) is 13.8. The number of anilines is 1. The Balaban J connectivity index is 1.47. The average molecular weight is 348 g/mol. The molecule has 6 heteroatoms. The summed E-state index contributed by atoms with van der Waals surface area (Å²) in [6, 6.07) is 10.4. The van der Waals surface area contributed by atoms with Crippen molar-refractivity contribution in [2.75, 3.05) is 24.6 Å². The fourth-order valence-corrected chi connectivity index (χ4v) is 3.27. The van der Waals surface area contributed by atoms with Crippen molar-refractivity contribution in [3.8, 4) is 0 Å². The number of hydrogen-bond acceptors (Lipinski definition) is 4. The number of aryl methyl sites for hydroxylation is 2. The molecule has 1 atom stereocenters. The van der Waals surface area contributed by atoms with Crippen LogP contribution in [0.5, 0.6) is 0 Å². The third-order valence-electron chi connectivity index (χ3n) is 4.35. The number of halogens is 1. The van der Waals surface area contributed by atoms with Gasteiger partial charge >= 0.3 is 0 Å². The predicted molar refractivity (Wildman–Crippen MR) is 95.8 cm³/mol. The van der Waals surface area contributed by atoms with Crippen molar-refractivity contribution in [1.29, 1.82) is 0 Å². The van der Waals surface area contributed by atoms with Gasteiger partial charge in [0, 0.05) is 26.7 Å². The fraction of sp³-hybridized carbons (Fsp3) is 0.444. The number of nitrogens with zero attached hydrogens (tertiary/aromatic N) is 3. The number of rotatable bonds is 6. The Morgan fingerprint density at radius 1 is 1.33 bits per heavy atom. The van der Waals surface area contributed by atoms with Crippen LogP contribution < -0.4 is 10.5 Å². The van der Waals surface area contributed by atoms with Crippen LogP contribution in [0.2, 0.25) is 5.02 Å². The van der Waals surface area contributed by atoms with E-state index in [1.807, 2.05) is 6.07 Å². The van der Waals surface area contributed by atoms with E-state index in [0.29, 0.717) is 5.69 Å². The Labute approximate surface area is 146 Å². The van der Waals surface area contributed by atoms with Gasteiger partial charge in [-0.1, -0.05) is 41.9 Å². The first-order chi connectivity index (χ1) is 11.6. The van der Waals surface area contributed by atoms with Crippen LogP contribution in [0, 0.1) is 0 Å². The van der Waals surface area contributed by atoms with E-state index >= 15 is 0 Å². The lowest BCUT2D eigenvalue weighted by Gasteiger charge is -2.19. The second kappa shape index (κ2) is 7.81. The van der Waals surface area contributed by atoms with E-state index in [2.05, 4.69) is 34.3 Å². The summed E-state index contributed by atoms with van der Waals surface area (Å²) in [5, 5.41) is 4.29. The standard InChI is InChI=1S/C18H22ClN3O2/c1-21-18(23)17(19)16(12-20-21)22-10-9-15(13-22)24-11-5-8-14-6-3-2-4-7-14/h2-4,6-7,12,15H,5,8-11,13H2,1H3. The van der Waals surface area contributed by atoms with Crippen LogP contribution in [0.4, 0.5) is 5.69 Å². The molecule has 0 N–H and O–H groups in total. The molecule has 0 saturated carbocycles. The van der Waals surface area contributed by atoms with Crippen molar-refractivity contribution in [3.05, 3.63) is 57.5 Å². The second-order valence-corrected chi connectivity index (χ2v) is 6.47. The van der Waals surface area contributed by atoms with Gasteiger partial charge in [0.15, 0.2) is 0 Å². The van der Waals surface area contributed by atoms with E-state index in [-0.39, 0.29) is 16.7 Å². The van der Waals surface area contributed by atoms with E-state index in [9.17, 15) is 4.79 Å². The van der Waals surface area contributed by atoms with Crippen LogP contribution in [-0.2, 0) is 18.2 Å². The van der Waals surface area contributed by atoms with Crippen LogP contribution in [0.3, 0.4) is 0 Å². The molecule has 0 spiro atoms. The molecule has 2 aromatic rings. The minimum atomic E-state index is -0.263. The van der Waals surface area contributed by atoms with Crippen molar-refractivity contribution in [1.82, 2.24) is 9.78 Å². The summed E-state index contributed by atoms with van der Waals surface area (Å²) in [5.41, 5.74) is 1.78. The van der Waals surface area contributed by atoms with Crippen LogP contribution in [0.25, 0.3) is 0 Å². The predicted octanol–water partition coefficient (Wildman–Crippen LogP) is 2.66. The molecule has 5 nitrogen and oxygen atoms in total. The first kappa shape index (κ1) is 17.0. The number of aromatic nitrogens is 2. The van der Waals surface area contributed by atoms with E-state index in [4.69, 9.17) is 16.3 Å². The van der Waals surface area contributed by atoms with Gasteiger partial charge in [-0.25, -0.2) is 4.68 Å². The molecular formula is C18H22ClN3O2. The molecule has 0 bridgehead atoms. The largest absolute Gasteiger partial charge is 0.376 e. The maximum Gasteiger partial charge on any atom is 0.287 e. The van der Waals surface area contributed by atoms with E-state index in [1.165, 1.54) is 10.2 Å². The van der Waals surface area contributed by atoms with Crippen molar-refractivity contribution in [3.63, 3.8) is 0 Å². The Morgan fingerprint density at radius 2 is 2.12 bits per heavy atom. The molecule has 1 saturated heterocycles. The molecule has 3 rings (SSSR count). The van der Waals surface area contributed by atoms with Gasteiger partial charge in [0.25, 0.3) is 5.56 Å². The van der Waals surface area contributed by atoms with Gasteiger partial charge in [-0.3, -0.25) is 4.79 Å². The van der Waals surface area contributed by atoms with Crippen molar-refractivity contribution in [2.45, 2.75) is 25.4 Å². The van der Waals surface area contributed by atoms with Crippen LogP contribution in [0.15, 0.2) is 41.3 Å². The van der Waals surface area contributed by atoms with Crippen LogP contribution in [0.1, 0.15) is 18.4 Å². The van der Waals surface area contributed by atoms with Crippen LogP contribution >= 0.6 is 11.6 Å². The third kappa shape index (κ3) is 3.97. The summed E-state index contributed by atoms with van der Waals surface area (Å²) >= 11 is 6.17. The zero-order chi connectivity index (χ0) is 16.9. The molecule has 128 valence electrons. The molecule has 0 amide bonds. The molecule has 1 aliphatic rings. The van der Waals surface area contributed by atoms with Crippen molar-refractivity contribution < 1.29 is 4.74 Å². The van der Waals surface area contributed by atoms with E-state index in [1.54, 1.807) is 13.2 Å². The highest BCUT2D eigenvalue weighted by atomic mass is 35.5. The normalized spacial score (nSPS) is 17.4. The molecule has 1 aromatic carbocycles. The smallest absolute Gasteiger partial charge is 0.287 e. The summed E-state index contributed by atoms with van der Waals surface area (Å²) < 4.78 is 7.23. The molecule has 24 heavy (non-hydrogen) atoms. The highest BCUT2D eigenvalue weighted by molar-refractivity contribution is 6.33. The topological polar surface area (TPSA) is 47.4 Å². The lowest BCUT2D eigenvalue weighted by Crippen LogP contribution is -2.28. The Bertz CT molecular complexity index is 733.